The highest BCUT2D eigenvalue weighted by Crippen LogP contribution is 2.18. The molecular weight excluding hydrogens is 264 g/mol. The van der Waals surface area contributed by atoms with E-state index in [0.29, 0.717) is 25.6 Å². The van der Waals surface area contributed by atoms with Crippen molar-refractivity contribution in [2.24, 2.45) is 0 Å². The molecule has 0 saturated carbocycles. The minimum absolute atomic E-state index is 0.301. The molecule has 0 bridgehead atoms. The van der Waals surface area contributed by atoms with Gasteiger partial charge < -0.3 is 15.0 Å². The topological polar surface area (TPSA) is 61.2 Å². The van der Waals surface area contributed by atoms with Crippen molar-refractivity contribution in [3.05, 3.63) is 24.0 Å². The van der Waals surface area contributed by atoms with E-state index in [1.165, 1.54) is 0 Å². The van der Waals surface area contributed by atoms with Crippen LogP contribution in [0.25, 0.3) is 0 Å². The van der Waals surface area contributed by atoms with Gasteiger partial charge in [-0.2, -0.15) is 5.26 Å². The van der Waals surface area contributed by atoms with E-state index in [9.17, 15) is 0 Å². The Labute approximate surface area is 127 Å². The fourth-order valence-corrected chi connectivity index (χ4v) is 2.25. The van der Waals surface area contributed by atoms with Gasteiger partial charge in [0.15, 0.2) is 0 Å². The number of hydrogen-bond acceptors (Lipinski definition) is 5. The lowest BCUT2D eigenvalue weighted by Crippen LogP contribution is -2.28. The summed E-state index contributed by atoms with van der Waals surface area (Å²) in [5.41, 5.74) is 2.10. The summed E-state index contributed by atoms with van der Waals surface area (Å²) in [4.78, 5) is 6.71. The summed E-state index contributed by atoms with van der Waals surface area (Å²) >= 11 is 0. The molecule has 1 aromatic heterocycles. The third-order valence-corrected chi connectivity index (χ3v) is 3.41. The second kappa shape index (κ2) is 10.1. The summed E-state index contributed by atoms with van der Waals surface area (Å²) < 4.78 is 5.13. The fourth-order valence-electron chi connectivity index (χ4n) is 2.25. The predicted molar refractivity (Wildman–Crippen MR) is 85.3 cm³/mol. The quantitative estimate of drug-likeness (QED) is 0.717. The maximum Gasteiger partial charge on any atom is 0.0640 e. The maximum atomic E-state index is 8.76. The van der Waals surface area contributed by atoms with Crippen LogP contribution in [0.15, 0.2) is 18.3 Å². The molecule has 1 heterocycles. The second-order valence-electron chi connectivity index (χ2n) is 4.85. The Balaban J connectivity index is 2.78. The van der Waals surface area contributed by atoms with Crippen molar-refractivity contribution in [3.63, 3.8) is 0 Å². The Hall–Kier alpha value is -1.64. The fraction of sp³-hybridized carbons (Fsp3) is 0.625. The van der Waals surface area contributed by atoms with Gasteiger partial charge in [0.25, 0.3) is 0 Å². The van der Waals surface area contributed by atoms with Crippen LogP contribution in [0.5, 0.6) is 0 Å². The van der Waals surface area contributed by atoms with E-state index in [0.717, 1.165) is 30.9 Å². The molecule has 21 heavy (non-hydrogen) atoms. The van der Waals surface area contributed by atoms with Crippen molar-refractivity contribution in [2.45, 2.75) is 32.7 Å². The SMILES string of the molecule is CCNC(CC)c1ccc(N(CCC#N)CCOC)cn1. The van der Waals surface area contributed by atoms with Gasteiger partial charge >= 0.3 is 0 Å². The van der Waals surface area contributed by atoms with Crippen LogP contribution in [-0.4, -0.2) is 38.3 Å². The molecule has 0 aliphatic rings. The molecule has 0 aliphatic carbocycles. The minimum atomic E-state index is 0.301. The Morgan fingerprint density at radius 2 is 2.19 bits per heavy atom. The predicted octanol–water partition coefficient (Wildman–Crippen LogP) is 2.51. The van der Waals surface area contributed by atoms with Gasteiger partial charge in [-0.15, -0.1) is 0 Å². The van der Waals surface area contributed by atoms with Crippen LogP contribution in [0.2, 0.25) is 0 Å². The van der Waals surface area contributed by atoms with Gasteiger partial charge in [-0.05, 0) is 25.1 Å². The molecule has 1 atom stereocenters. The van der Waals surface area contributed by atoms with Gasteiger partial charge in [0.05, 0.1) is 36.7 Å². The number of aromatic nitrogens is 1. The molecule has 0 radical (unpaired) electrons. The summed E-state index contributed by atoms with van der Waals surface area (Å²) in [6, 6.07) is 6.63. The van der Waals surface area contributed by atoms with Crippen molar-refractivity contribution in [3.8, 4) is 6.07 Å². The van der Waals surface area contributed by atoms with Crippen LogP contribution in [0.3, 0.4) is 0 Å². The highest BCUT2D eigenvalue weighted by Gasteiger charge is 2.11. The number of ether oxygens (including phenoxy) is 1. The highest BCUT2D eigenvalue weighted by atomic mass is 16.5. The monoisotopic (exact) mass is 290 g/mol. The third kappa shape index (κ3) is 5.70. The molecule has 0 aliphatic heterocycles. The van der Waals surface area contributed by atoms with E-state index in [1.807, 2.05) is 6.20 Å². The highest BCUT2D eigenvalue weighted by molar-refractivity contribution is 5.45. The first-order chi connectivity index (χ1) is 10.3. The molecule has 0 saturated heterocycles. The average Bonchev–Trinajstić information content (AvgIpc) is 2.53. The van der Waals surface area contributed by atoms with E-state index in [1.54, 1.807) is 7.11 Å². The Bertz CT molecular complexity index is 427. The first-order valence-electron chi connectivity index (χ1n) is 7.56. The minimum Gasteiger partial charge on any atom is -0.383 e. The number of hydrogen-bond donors (Lipinski definition) is 1. The number of nitrogens with zero attached hydrogens (tertiary/aromatic N) is 3. The molecule has 5 heteroatoms. The lowest BCUT2D eigenvalue weighted by molar-refractivity contribution is 0.205. The molecule has 1 unspecified atom stereocenters. The molecule has 1 N–H and O–H groups in total. The molecule has 1 aromatic rings. The maximum absolute atomic E-state index is 8.76. The third-order valence-electron chi connectivity index (χ3n) is 3.41. The Morgan fingerprint density at radius 3 is 2.71 bits per heavy atom. The summed E-state index contributed by atoms with van der Waals surface area (Å²) in [6.45, 7) is 7.30. The number of methoxy groups -OCH3 is 1. The van der Waals surface area contributed by atoms with Crippen LogP contribution < -0.4 is 10.2 Å². The number of nitriles is 1. The first kappa shape index (κ1) is 17.4. The van der Waals surface area contributed by atoms with Gasteiger partial charge in [0.1, 0.15) is 0 Å². The zero-order valence-electron chi connectivity index (χ0n) is 13.3. The standard InChI is InChI=1S/C16H26N4O/c1-4-15(18-5-2)16-8-7-14(13-19-16)20(10-6-9-17)11-12-21-3/h7-8,13,15,18H,4-6,10-12H2,1-3H3. The van der Waals surface area contributed by atoms with Crippen LogP contribution in [0, 0.1) is 11.3 Å². The van der Waals surface area contributed by atoms with Gasteiger partial charge in [-0.3, -0.25) is 4.98 Å². The van der Waals surface area contributed by atoms with Crippen LogP contribution >= 0.6 is 0 Å². The summed E-state index contributed by atoms with van der Waals surface area (Å²) in [5, 5.41) is 12.2. The molecule has 0 fully saturated rings. The number of rotatable bonds is 10. The van der Waals surface area contributed by atoms with Crippen molar-refractivity contribution >= 4 is 5.69 Å². The number of nitrogens with one attached hydrogen (secondary N) is 1. The van der Waals surface area contributed by atoms with Gasteiger partial charge in [0, 0.05) is 26.2 Å². The number of pyridine rings is 1. The van der Waals surface area contributed by atoms with Crippen LogP contribution in [0.4, 0.5) is 5.69 Å². The largest absolute Gasteiger partial charge is 0.383 e. The van der Waals surface area contributed by atoms with Crippen LogP contribution in [-0.2, 0) is 4.74 Å². The van der Waals surface area contributed by atoms with Gasteiger partial charge in [-0.25, -0.2) is 0 Å². The Kier molecular flexibility index (Phi) is 8.41. The van der Waals surface area contributed by atoms with Gasteiger partial charge in [-0.1, -0.05) is 13.8 Å². The molecule has 1 rings (SSSR count). The lowest BCUT2D eigenvalue weighted by Gasteiger charge is -2.24. The molecule has 0 spiro atoms. The van der Waals surface area contributed by atoms with Crippen molar-refractivity contribution in [1.29, 1.82) is 5.26 Å². The lowest BCUT2D eigenvalue weighted by atomic mass is 10.1. The van der Waals surface area contributed by atoms with E-state index in [4.69, 9.17) is 10.00 Å². The van der Waals surface area contributed by atoms with Gasteiger partial charge in [0.2, 0.25) is 0 Å². The smallest absolute Gasteiger partial charge is 0.0640 e. The molecule has 5 nitrogen and oxygen atoms in total. The van der Waals surface area contributed by atoms with E-state index >= 15 is 0 Å². The van der Waals surface area contributed by atoms with Crippen molar-refractivity contribution < 1.29 is 4.74 Å². The number of anilines is 1. The zero-order chi connectivity index (χ0) is 15.5. The summed E-state index contributed by atoms with van der Waals surface area (Å²) in [6.07, 6.45) is 3.41. The molecule has 0 amide bonds. The summed E-state index contributed by atoms with van der Waals surface area (Å²) in [5.74, 6) is 0. The van der Waals surface area contributed by atoms with E-state index < -0.39 is 0 Å². The second-order valence-corrected chi connectivity index (χ2v) is 4.85. The average molecular weight is 290 g/mol. The van der Waals surface area contributed by atoms with E-state index in [2.05, 4.69) is 47.3 Å². The van der Waals surface area contributed by atoms with E-state index in [-0.39, 0.29) is 0 Å². The molecular formula is C16H26N4O. The Morgan fingerprint density at radius 1 is 1.38 bits per heavy atom. The van der Waals surface area contributed by atoms with Crippen LogP contribution in [0.1, 0.15) is 38.4 Å². The normalized spacial score (nSPS) is 11.9. The van der Waals surface area contributed by atoms with Crippen molar-refractivity contribution in [1.82, 2.24) is 10.3 Å². The summed E-state index contributed by atoms with van der Waals surface area (Å²) in [7, 11) is 1.69. The molecule has 0 aromatic carbocycles. The zero-order valence-corrected chi connectivity index (χ0v) is 13.3. The van der Waals surface area contributed by atoms with Crippen molar-refractivity contribution in [2.75, 3.05) is 38.3 Å². The first-order valence-corrected chi connectivity index (χ1v) is 7.56. The molecule has 116 valence electrons.